The maximum absolute atomic E-state index is 9.67. The summed E-state index contributed by atoms with van der Waals surface area (Å²) in [5, 5.41) is 18.7. The van der Waals surface area contributed by atoms with Gasteiger partial charge in [-0.1, -0.05) is 0 Å². The maximum atomic E-state index is 9.67. The zero-order chi connectivity index (χ0) is 14.6. The molecule has 0 aliphatic rings. The minimum absolute atomic E-state index is 0.0696. The normalized spacial score (nSPS) is 14.6. The van der Waals surface area contributed by atoms with Gasteiger partial charge in [-0.15, -0.1) is 0 Å². The van der Waals surface area contributed by atoms with E-state index in [0.717, 1.165) is 6.42 Å². The van der Waals surface area contributed by atoms with Gasteiger partial charge >= 0.3 is 121 Å². The first kappa shape index (κ1) is 19.4. The average molecular weight is 292 g/mol. The molecular formula is C16H37O2P. The van der Waals surface area contributed by atoms with Gasteiger partial charge in [0.05, 0.1) is 0 Å². The van der Waals surface area contributed by atoms with Crippen LogP contribution in [0.3, 0.4) is 0 Å². The average Bonchev–Trinajstić information content (AvgIpc) is 2.45. The summed E-state index contributed by atoms with van der Waals surface area (Å²) in [5.41, 5.74) is 0. The van der Waals surface area contributed by atoms with Gasteiger partial charge in [-0.05, 0) is 0 Å². The molecule has 0 saturated heterocycles. The molecule has 19 heavy (non-hydrogen) atoms. The van der Waals surface area contributed by atoms with Crippen molar-refractivity contribution >= 4 is 7.26 Å². The van der Waals surface area contributed by atoms with Gasteiger partial charge in [-0.2, -0.15) is 0 Å². The number of hydrogen-bond donors (Lipinski definition) is 2. The molecule has 118 valence electrons. The van der Waals surface area contributed by atoms with Gasteiger partial charge in [0.15, 0.2) is 0 Å². The van der Waals surface area contributed by atoms with Crippen LogP contribution in [0.15, 0.2) is 0 Å². The molecule has 3 heteroatoms. The van der Waals surface area contributed by atoms with E-state index >= 15 is 0 Å². The van der Waals surface area contributed by atoms with Crippen LogP contribution in [-0.2, 0) is 0 Å². The standard InChI is InChI=1S/C16H37O2P/c1-4-7-11-19(12-8-5-2,13-9-6-3)14-10-16(18)15-17/h16-19H,4-15H2,1-3H3. The van der Waals surface area contributed by atoms with Crippen molar-refractivity contribution in [1.29, 1.82) is 0 Å². The van der Waals surface area contributed by atoms with Crippen LogP contribution >= 0.6 is 7.26 Å². The molecular weight excluding hydrogens is 255 g/mol. The van der Waals surface area contributed by atoms with E-state index in [-0.39, 0.29) is 6.61 Å². The Bertz CT molecular complexity index is 175. The van der Waals surface area contributed by atoms with E-state index in [0.29, 0.717) is 0 Å². The summed E-state index contributed by atoms with van der Waals surface area (Å²) in [6, 6.07) is 0. The van der Waals surface area contributed by atoms with E-state index in [1.54, 1.807) is 0 Å². The Morgan fingerprint density at radius 2 is 1.21 bits per heavy atom. The van der Waals surface area contributed by atoms with Crippen LogP contribution in [0.4, 0.5) is 0 Å². The van der Waals surface area contributed by atoms with Crippen molar-refractivity contribution in [2.45, 2.75) is 71.8 Å². The summed E-state index contributed by atoms with van der Waals surface area (Å²) >= 11 is 0. The predicted octanol–water partition coefficient (Wildman–Crippen LogP) is 3.88. The van der Waals surface area contributed by atoms with Crippen LogP contribution in [0, 0.1) is 0 Å². The summed E-state index contributed by atoms with van der Waals surface area (Å²) in [6.45, 7) is 6.77. The molecule has 0 radical (unpaired) electrons. The molecule has 0 saturated carbocycles. The Kier molecular flexibility index (Phi) is 12.3. The number of hydrogen-bond acceptors (Lipinski definition) is 2. The van der Waals surface area contributed by atoms with Crippen LogP contribution < -0.4 is 0 Å². The fourth-order valence-corrected chi connectivity index (χ4v) is 8.73. The molecule has 2 nitrogen and oxygen atoms in total. The summed E-state index contributed by atoms with van der Waals surface area (Å²) in [4.78, 5) is 0. The Balaban J connectivity index is 4.56. The molecule has 0 aliphatic carbocycles. The first-order chi connectivity index (χ1) is 9.14. The van der Waals surface area contributed by atoms with Gasteiger partial charge in [-0.25, -0.2) is 0 Å². The summed E-state index contributed by atoms with van der Waals surface area (Å²) in [5.74, 6) is 0. The summed E-state index contributed by atoms with van der Waals surface area (Å²) in [7, 11) is -1.21. The van der Waals surface area contributed by atoms with Crippen molar-refractivity contribution in [2.75, 3.05) is 31.3 Å². The van der Waals surface area contributed by atoms with Crippen LogP contribution in [-0.4, -0.2) is 47.6 Å². The van der Waals surface area contributed by atoms with Gasteiger partial charge < -0.3 is 0 Å². The van der Waals surface area contributed by atoms with Crippen molar-refractivity contribution in [3.63, 3.8) is 0 Å². The first-order valence-electron chi connectivity index (χ1n) is 8.43. The van der Waals surface area contributed by atoms with Crippen LogP contribution in [0.1, 0.15) is 65.7 Å². The monoisotopic (exact) mass is 292 g/mol. The van der Waals surface area contributed by atoms with Gasteiger partial charge in [-0.3, -0.25) is 0 Å². The minimum atomic E-state index is -1.21. The molecule has 0 aromatic rings. The molecule has 2 N–H and O–H groups in total. The van der Waals surface area contributed by atoms with Crippen molar-refractivity contribution < 1.29 is 10.2 Å². The molecule has 0 fully saturated rings. The molecule has 0 heterocycles. The second-order valence-corrected chi connectivity index (χ2v) is 11.2. The zero-order valence-corrected chi connectivity index (χ0v) is 14.5. The second kappa shape index (κ2) is 12.1. The Hall–Kier alpha value is 0.350. The molecule has 0 aliphatic heterocycles. The van der Waals surface area contributed by atoms with Crippen molar-refractivity contribution in [3.05, 3.63) is 0 Å². The van der Waals surface area contributed by atoms with Crippen LogP contribution in [0.2, 0.25) is 0 Å². The van der Waals surface area contributed by atoms with Gasteiger partial charge in [0.2, 0.25) is 0 Å². The van der Waals surface area contributed by atoms with Crippen molar-refractivity contribution in [3.8, 4) is 0 Å². The third-order valence-corrected chi connectivity index (χ3v) is 9.99. The molecule has 0 rings (SSSR count). The molecule has 1 atom stereocenters. The number of rotatable bonds is 13. The van der Waals surface area contributed by atoms with Gasteiger partial charge in [0, 0.05) is 0 Å². The topological polar surface area (TPSA) is 40.5 Å². The van der Waals surface area contributed by atoms with Gasteiger partial charge in [0.1, 0.15) is 0 Å². The van der Waals surface area contributed by atoms with Crippen LogP contribution in [0.25, 0.3) is 0 Å². The molecule has 1 unspecified atom stereocenters. The van der Waals surface area contributed by atoms with Crippen LogP contribution in [0.5, 0.6) is 0 Å². The molecule has 0 aromatic heterocycles. The predicted molar refractivity (Wildman–Crippen MR) is 90.2 cm³/mol. The van der Waals surface area contributed by atoms with Crippen molar-refractivity contribution in [1.82, 2.24) is 0 Å². The number of unbranched alkanes of at least 4 members (excludes halogenated alkanes) is 3. The molecule has 0 amide bonds. The van der Waals surface area contributed by atoms with E-state index in [9.17, 15) is 5.11 Å². The van der Waals surface area contributed by atoms with E-state index in [1.807, 2.05) is 0 Å². The SMILES string of the molecule is CCCC[PH](CCCC)(CCCC)CCC(O)CO. The zero-order valence-electron chi connectivity index (χ0n) is 13.5. The van der Waals surface area contributed by atoms with E-state index in [4.69, 9.17) is 5.11 Å². The Morgan fingerprint density at radius 1 is 0.789 bits per heavy atom. The fraction of sp³-hybridized carbons (Fsp3) is 1.00. The third-order valence-electron chi connectivity index (χ3n) is 4.40. The quantitative estimate of drug-likeness (QED) is 0.506. The van der Waals surface area contributed by atoms with E-state index in [1.165, 1.54) is 63.2 Å². The fourth-order valence-electron chi connectivity index (χ4n) is 2.97. The third kappa shape index (κ3) is 9.00. The number of aliphatic hydroxyl groups is 2. The number of aliphatic hydroxyl groups excluding tert-OH is 2. The molecule has 0 bridgehead atoms. The molecule has 0 spiro atoms. The Labute approximate surface area is 121 Å². The van der Waals surface area contributed by atoms with Gasteiger partial charge in [0.25, 0.3) is 0 Å². The van der Waals surface area contributed by atoms with Crippen molar-refractivity contribution in [2.24, 2.45) is 0 Å². The second-order valence-electron chi connectivity index (χ2n) is 6.19. The summed E-state index contributed by atoms with van der Waals surface area (Å²) < 4.78 is 0. The Morgan fingerprint density at radius 3 is 1.53 bits per heavy atom. The first-order valence-corrected chi connectivity index (χ1v) is 11.3. The van der Waals surface area contributed by atoms with E-state index < -0.39 is 13.4 Å². The van der Waals surface area contributed by atoms with E-state index in [2.05, 4.69) is 20.8 Å². The molecule has 0 aromatic carbocycles. The summed E-state index contributed by atoms with van der Waals surface area (Å²) in [6.07, 6.45) is 13.8.